The highest BCUT2D eigenvalue weighted by atomic mass is 32.1. The summed E-state index contributed by atoms with van der Waals surface area (Å²) in [5, 5.41) is 6.87. The van der Waals surface area contributed by atoms with E-state index in [1.165, 1.54) is 11.5 Å². The summed E-state index contributed by atoms with van der Waals surface area (Å²) in [6.07, 6.45) is 5.05. The van der Waals surface area contributed by atoms with Gasteiger partial charge in [0, 0.05) is 12.7 Å². The number of amides is 1. The van der Waals surface area contributed by atoms with E-state index in [4.69, 9.17) is 9.72 Å². The minimum Gasteiger partial charge on any atom is -0.374 e. The zero-order chi connectivity index (χ0) is 25.7. The third-order valence-electron chi connectivity index (χ3n) is 8.49. The number of nitrogens with one attached hydrogen (secondary N) is 1. The van der Waals surface area contributed by atoms with Gasteiger partial charge in [0.1, 0.15) is 11.3 Å². The molecule has 6 rings (SSSR count). The number of carbonyl (C=O) groups excluding carboxylic acids is 1. The molecular formula is C26H32F2N6O2S. The van der Waals surface area contributed by atoms with Crippen molar-refractivity contribution in [3.8, 4) is 0 Å². The summed E-state index contributed by atoms with van der Waals surface area (Å²) >= 11 is 1.18. The maximum atomic E-state index is 13.9. The second kappa shape index (κ2) is 9.90. The fraction of sp³-hybridized carbons (Fsp3) is 0.615. The van der Waals surface area contributed by atoms with Gasteiger partial charge in [-0.15, -0.1) is 0 Å². The molecule has 2 saturated heterocycles. The molecule has 2 bridgehead atoms. The third-order valence-corrected chi connectivity index (χ3v) is 9.29. The van der Waals surface area contributed by atoms with Crippen LogP contribution in [0, 0.1) is 11.8 Å². The van der Waals surface area contributed by atoms with E-state index in [0.29, 0.717) is 30.0 Å². The Morgan fingerprint density at radius 1 is 1.24 bits per heavy atom. The molecule has 1 N–H and O–H groups in total. The Balaban J connectivity index is 1.21. The van der Waals surface area contributed by atoms with Crippen LogP contribution in [0.4, 0.5) is 20.3 Å². The number of ether oxygens (including phenoxy) is 1. The van der Waals surface area contributed by atoms with Gasteiger partial charge in [-0.3, -0.25) is 9.48 Å². The largest absolute Gasteiger partial charge is 0.374 e. The summed E-state index contributed by atoms with van der Waals surface area (Å²) in [5.74, 6) is 1.57. The van der Waals surface area contributed by atoms with Crippen LogP contribution in [0.2, 0.25) is 0 Å². The number of pyridine rings is 1. The van der Waals surface area contributed by atoms with E-state index >= 15 is 0 Å². The molecule has 0 spiro atoms. The van der Waals surface area contributed by atoms with E-state index in [-0.39, 0.29) is 23.5 Å². The van der Waals surface area contributed by atoms with Crippen LogP contribution in [0.5, 0.6) is 0 Å². The quantitative estimate of drug-likeness (QED) is 0.414. The van der Waals surface area contributed by atoms with Crippen molar-refractivity contribution in [2.24, 2.45) is 11.8 Å². The highest BCUT2D eigenvalue weighted by Crippen LogP contribution is 2.38. The minimum absolute atomic E-state index is 0.0374. The van der Waals surface area contributed by atoms with Gasteiger partial charge in [0.05, 0.1) is 35.2 Å². The van der Waals surface area contributed by atoms with Crippen LogP contribution in [-0.2, 0) is 4.74 Å². The molecule has 1 saturated carbocycles. The molecule has 8 nitrogen and oxygen atoms in total. The average Bonchev–Trinajstić information content (AvgIpc) is 3.71. The Hall–Kier alpha value is -2.66. The van der Waals surface area contributed by atoms with Gasteiger partial charge in [-0.1, -0.05) is 20.3 Å². The molecule has 3 aliphatic rings. The monoisotopic (exact) mass is 530 g/mol. The molecule has 2 aliphatic heterocycles. The Kier molecular flexibility index (Phi) is 6.60. The molecule has 3 aromatic rings. The van der Waals surface area contributed by atoms with E-state index in [1.807, 2.05) is 12.1 Å². The van der Waals surface area contributed by atoms with Crippen LogP contribution in [0.3, 0.4) is 0 Å². The highest BCUT2D eigenvalue weighted by molar-refractivity contribution is 7.13. The second-order valence-corrected chi connectivity index (χ2v) is 11.5. The van der Waals surface area contributed by atoms with Crippen LogP contribution in [0.15, 0.2) is 18.3 Å². The lowest BCUT2D eigenvalue weighted by Crippen LogP contribution is -2.37. The number of hydrogen-bond donors (Lipinski definition) is 1. The van der Waals surface area contributed by atoms with Crippen molar-refractivity contribution < 1.29 is 18.3 Å². The number of morpholine rings is 1. The Morgan fingerprint density at radius 3 is 2.73 bits per heavy atom. The van der Waals surface area contributed by atoms with Crippen LogP contribution < -0.4 is 10.2 Å². The lowest BCUT2D eigenvalue weighted by Gasteiger charge is -2.32. The molecule has 0 unspecified atom stereocenters. The van der Waals surface area contributed by atoms with Gasteiger partial charge in [-0.2, -0.15) is 9.47 Å². The number of alkyl halides is 2. The first-order valence-electron chi connectivity index (χ1n) is 13.2. The Bertz CT molecular complexity index is 1290. The van der Waals surface area contributed by atoms with Crippen molar-refractivity contribution in [3.63, 3.8) is 0 Å². The fourth-order valence-corrected chi connectivity index (χ4v) is 6.82. The highest BCUT2D eigenvalue weighted by Gasteiger charge is 2.39. The van der Waals surface area contributed by atoms with Crippen molar-refractivity contribution in [3.05, 3.63) is 29.7 Å². The maximum Gasteiger partial charge on any atom is 0.284 e. The van der Waals surface area contributed by atoms with E-state index in [1.54, 1.807) is 10.9 Å². The molecule has 3 fully saturated rings. The standard InChI is InChI=1S/C26H32F2N6O2S/c1-3-14(2)15-4-6-16(7-5-15)34-12-19(22(31-34)25(27)28)29-26(35)24-23-20(37-32-24)8-9-21(30-23)33-11-18-10-17(33)13-36-18/h8-9,12,14-18,25H,3-7,10-11,13H2,1-2H3,(H,29,35)/t14-,15?,16?,17-,18-/m0/s1. The van der Waals surface area contributed by atoms with Crippen molar-refractivity contribution in [1.82, 2.24) is 19.1 Å². The topological polar surface area (TPSA) is 85.2 Å². The van der Waals surface area contributed by atoms with Gasteiger partial charge in [0.2, 0.25) is 0 Å². The number of fused-ring (bicyclic) bond motifs is 3. The zero-order valence-corrected chi connectivity index (χ0v) is 21.9. The molecule has 5 heterocycles. The number of halogens is 2. The Labute approximate surface area is 218 Å². The van der Waals surface area contributed by atoms with Gasteiger partial charge in [-0.25, -0.2) is 13.8 Å². The molecular weight excluding hydrogens is 498 g/mol. The minimum atomic E-state index is -2.79. The van der Waals surface area contributed by atoms with Crippen molar-refractivity contribution >= 4 is 39.2 Å². The summed E-state index contributed by atoms with van der Waals surface area (Å²) in [6, 6.07) is 4.21. The number of rotatable bonds is 7. The summed E-state index contributed by atoms with van der Waals surface area (Å²) < 4.78 is 40.2. The van der Waals surface area contributed by atoms with Crippen LogP contribution >= 0.6 is 11.5 Å². The van der Waals surface area contributed by atoms with Gasteiger partial charge < -0.3 is 15.0 Å². The molecule has 198 valence electrons. The third kappa shape index (κ3) is 4.60. The second-order valence-electron chi connectivity index (χ2n) is 10.7. The first-order chi connectivity index (χ1) is 17.9. The average molecular weight is 531 g/mol. The van der Waals surface area contributed by atoms with E-state index in [2.05, 4.69) is 33.5 Å². The first-order valence-corrected chi connectivity index (χ1v) is 14.0. The summed E-state index contributed by atoms with van der Waals surface area (Å²) in [6.45, 7) is 5.95. The molecule has 1 aliphatic carbocycles. The predicted molar refractivity (Wildman–Crippen MR) is 138 cm³/mol. The molecule has 11 heteroatoms. The smallest absolute Gasteiger partial charge is 0.284 e. The lowest BCUT2D eigenvalue weighted by atomic mass is 9.78. The van der Waals surface area contributed by atoms with Gasteiger partial charge in [0.15, 0.2) is 11.4 Å². The van der Waals surface area contributed by atoms with E-state index in [0.717, 1.165) is 55.6 Å². The number of nitrogens with zero attached hydrogens (tertiary/aromatic N) is 5. The number of hydrogen-bond acceptors (Lipinski definition) is 7. The summed E-state index contributed by atoms with van der Waals surface area (Å²) in [7, 11) is 0. The zero-order valence-electron chi connectivity index (χ0n) is 21.1. The molecule has 37 heavy (non-hydrogen) atoms. The van der Waals surface area contributed by atoms with Crippen molar-refractivity contribution in [2.45, 2.75) is 77.0 Å². The Morgan fingerprint density at radius 2 is 2.05 bits per heavy atom. The molecule has 3 aromatic heterocycles. The number of anilines is 2. The molecule has 3 atom stereocenters. The summed E-state index contributed by atoms with van der Waals surface area (Å²) in [4.78, 5) is 20.2. The summed E-state index contributed by atoms with van der Waals surface area (Å²) in [5.41, 5.74) is 0.261. The SMILES string of the molecule is CC[C@H](C)C1CCC(n2cc(NC(=O)c3nsc4ccc(N5C[C@@H]6C[C@H]5CO6)nc34)c(C(F)F)n2)CC1. The van der Waals surface area contributed by atoms with Gasteiger partial charge >= 0.3 is 0 Å². The number of aromatic nitrogens is 4. The fourth-order valence-electron chi connectivity index (χ4n) is 6.11. The van der Waals surface area contributed by atoms with E-state index < -0.39 is 18.0 Å². The van der Waals surface area contributed by atoms with Crippen molar-refractivity contribution in [2.75, 3.05) is 23.4 Å². The lowest BCUT2D eigenvalue weighted by molar-refractivity contribution is 0.0988. The van der Waals surface area contributed by atoms with E-state index in [9.17, 15) is 13.6 Å². The van der Waals surface area contributed by atoms with Crippen LogP contribution in [0.25, 0.3) is 10.2 Å². The van der Waals surface area contributed by atoms with Crippen LogP contribution in [0.1, 0.15) is 81.0 Å². The molecule has 0 aromatic carbocycles. The van der Waals surface area contributed by atoms with Crippen molar-refractivity contribution in [1.29, 1.82) is 0 Å². The molecule has 1 amide bonds. The predicted octanol–water partition coefficient (Wildman–Crippen LogP) is 5.83. The number of carbonyl (C=O) groups is 1. The first kappa shape index (κ1) is 24.7. The van der Waals surface area contributed by atoms with Gasteiger partial charge in [-0.05, 0) is 67.6 Å². The normalized spacial score (nSPS) is 26.4. The maximum absolute atomic E-state index is 13.9. The molecule has 0 radical (unpaired) electrons. The van der Waals surface area contributed by atoms with Crippen LogP contribution in [-0.4, -0.2) is 50.3 Å². The van der Waals surface area contributed by atoms with Gasteiger partial charge in [0.25, 0.3) is 12.3 Å².